The molecule has 1 aliphatic carbocycles. The summed E-state index contributed by atoms with van der Waals surface area (Å²) < 4.78 is 0. The summed E-state index contributed by atoms with van der Waals surface area (Å²) in [5.41, 5.74) is 7.79. The second-order valence-electron chi connectivity index (χ2n) is 7.77. The molecule has 3 rings (SSSR count). The van der Waals surface area contributed by atoms with E-state index in [0.717, 1.165) is 24.9 Å². The Labute approximate surface area is 121 Å². The Morgan fingerprint density at radius 2 is 1.85 bits per heavy atom. The zero-order chi connectivity index (χ0) is 14.5. The molecule has 1 aliphatic heterocycles. The molecule has 1 saturated carbocycles. The number of nitrogen functional groups attached to an aromatic ring is 1. The number of nitrogens with zero attached hydrogens (tertiary/aromatic N) is 1. The number of fused-ring (bicyclic) bond motifs is 2. The predicted molar refractivity (Wildman–Crippen MR) is 81.4 cm³/mol. The van der Waals surface area contributed by atoms with Crippen molar-refractivity contribution in [1.82, 2.24) is 4.90 Å². The average Bonchev–Trinajstić information content (AvgIpc) is 2.58. The molecule has 1 unspecified atom stereocenters. The lowest BCUT2D eigenvalue weighted by molar-refractivity contribution is 0.0708. The first-order valence-corrected chi connectivity index (χ1v) is 7.45. The second-order valence-corrected chi connectivity index (χ2v) is 7.77. The molecule has 0 radical (unpaired) electrons. The number of anilines is 1. The molecule has 2 bridgehead atoms. The summed E-state index contributed by atoms with van der Waals surface area (Å²) in [5.74, 6) is 0.163. The monoisotopic (exact) mass is 272 g/mol. The van der Waals surface area contributed by atoms with Gasteiger partial charge in [-0.25, -0.2) is 0 Å². The van der Waals surface area contributed by atoms with Crippen molar-refractivity contribution >= 4 is 11.6 Å². The van der Waals surface area contributed by atoms with Gasteiger partial charge in [0.05, 0.1) is 0 Å². The highest BCUT2D eigenvalue weighted by atomic mass is 16.2. The predicted octanol–water partition coefficient (Wildman–Crippen LogP) is 3.31. The fraction of sp³-hybridized carbons (Fsp3) is 0.588. The summed E-state index contributed by atoms with van der Waals surface area (Å²) >= 11 is 0. The molecule has 0 spiro atoms. The van der Waals surface area contributed by atoms with Crippen LogP contribution in [0.25, 0.3) is 0 Å². The van der Waals surface area contributed by atoms with Crippen LogP contribution in [0.2, 0.25) is 0 Å². The maximum Gasteiger partial charge on any atom is 0.254 e. The Kier molecular flexibility index (Phi) is 2.86. The standard InChI is InChI=1S/C17H24N2O/c1-16(2)8-14-9-17(3,10-16)11-19(14)15(20)12-4-6-13(18)7-5-12/h4-7,14H,8-11,18H2,1-3H3/t14?,17-/m1/s1. The van der Waals surface area contributed by atoms with Gasteiger partial charge in [-0.2, -0.15) is 0 Å². The smallest absolute Gasteiger partial charge is 0.254 e. The normalized spacial score (nSPS) is 31.4. The van der Waals surface area contributed by atoms with Gasteiger partial charge >= 0.3 is 0 Å². The third-order valence-corrected chi connectivity index (χ3v) is 4.83. The molecule has 1 aromatic rings. The molecule has 20 heavy (non-hydrogen) atoms. The summed E-state index contributed by atoms with van der Waals surface area (Å²) in [5, 5.41) is 0. The maximum absolute atomic E-state index is 12.7. The Morgan fingerprint density at radius 3 is 2.50 bits per heavy atom. The number of amides is 1. The maximum atomic E-state index is 12.7. The summed E-state index contributed by atoms with van der Waals surface area (Å²) in [6, 6.07) is 7.69. The number of benzene rings is 1. The van der Waals surface area contributed by atoms with Crippen molar-refractivity contribution in [1.29, 1.82) is 0 Å². The molecular formula is C17H24N2O. The average molecular weight is 272 g/mol. The molecule has 3 nitrogen and oxygen atoms in total. The van der Waals surface area contributed by atoms with Gasteiger partial charge in [-0.1, -0.05) is 20.8 Å². The van der Waals surface area contributed by atoms with Gasteiger partial charge in [-0.05, 0) is 54.4 Å². The van der Waals surface area contributed by atoms with Crippen molar-refractivity contribution in [3.63, 3.8) is 0 Å². The van der Waals surface area contributed by atoms with Crippen molar-refractivity contribution in [2.45, 2.75) is 46.1 Å². The molecule has 108 valence electrons. The summed E-state index contributed by atoms with van der Waals surface area (Å²) in [4.78, 5) is 14.8. The summed E-state index contributed by atoms with van der Waals surface area (Å²) in [6.07, 6.45) is 3.47. The van der Waals surface area contributed by atoms with Gasteiger partial charge in [0.25, 0.3) is 5.91 Å². The van der Waals surface area contributed by atoms with Gasteiger partial charge in [0, 0.05) is 23.8 Å². The number of carbonyl (C=O) groups is 1. The molecule has 1 aromatic carbocycles. The van der Waals surface area contributed by atoms with E-state index in [2.05, 4.69) is 25.7 Å². The van der Waals surface area contributed by atoms with Crippen LogP contribution in [0.3, 0.4) is 0 Å². The van der Waals surface area contributed by atoms with Crippen molar-refractivity contribution < 1.29 is 4.79 Å². The highest BCUT2D eigenvalue weighted by molar-refractivity contribution is 5.95. The quantitative estimate of drug-likeness (QED) is 0.797. The SMILES string of the molecule is CC1(C)CC2C[C@@](C)(CN2C(=O)c2ccc(N)cc2)C1. The topological polar surface area (TPSA) is 46.3 Å². The fourth-order valence-electron chi connectivity index (χ4n) is 4.49. The lowest BCUT2D eigenvalue weighted by Crippen LogP contribution is -2.37. The zero-order valence-corrected chi connectivity index (χ0v) is 12.6. The first-order valence-electron chi connectivity index (χ1n) is 7.45. The van der Waals surface area contributed by atoms with Crippen LogP contribution in [0.15, 0.2) is 24.3 Å². The molecule has 0 aromatic heterocycles. The minimum atomic E-state index is 0.163. The highest BCUT2D eigenvalue weighted by Gasteiger charge is 2.50. The number of likely N-dealkylation sites (tertiary alicyclic amines) is 1. The number of hydrogen-bond acceptors (Lipinski definition) is 2. The molecule has 1 amide bonds. The first kappa shape index (κ1) is 13.5. The van der Waals surface area contributed by atoms with Crippen LogP contribution in [-0.4, -0.2) is 23.4 Å². The minimum absolute atomic E-state index is 0.163. The van der Waals surface area contributed by atoms with Gasteiger partial charge in [-0.15, -0.1) is 0 Å². The van der Waals surface area contributed by atoms with Gasteiger partial charge < -0.3 is 10.6 Å². The van der Waals surface area contributed by atoms with Gasteiger partial charge in [0.1, 0.15) is 0 Å². The van der Waals surface area contributed by atoms with E-state index in [4.69, 9.17) is 5.73 Å². The molecule has 3 heteroatoms. The van der Waals surface area contributed by atoms with E-state index in [1.165, 1.54) is 6.42 Å². The van der Waals surface area contributed by atoms with Crippen LogP contribution in [0.5, 0.6) is 0 Å². The molecule has 2 atom stereocenters. The Hall–Kier alpha value is -1.51. The first-order chi connectivity index (χ1) is 9.28. The van der Waals surface area contributed by atoms with Crippen LogP contribution in [0.4, 0.5) is 5.69 Å². The molecule has 2 fully saturated rings. The largest absolute Gasteiger partial charge is 0.399 e. The third kappa shape index (κ3) is 2.30. The summed E-state index contributed by atoms with van der Waals surface area (Å²) in [6.45, 7) is 7.88. The van der Waals surface area contributed by atoms with E-state index in [1.807, 2.05) is 12.1 Å². The Morgan fingerprint density at radius 1 is 1.20 bits per heavy atom. The molecule has 1 saturated heterocycles. The minimum Gasteiger partial charge on any atom is -0.399 e. The zero-order valence-electron chi connectivity index (χ0n) is 12.6. The third-order valence-electron chi connectivity index (χ3n) is 4.83. The number of nitrogens with two attached hydrogens (primary N) is 1. The lowest BCUT2D eigenvalue weighted by Gasteiger charge is -2.39. The number of carbonyl (C=O) groups excluding carboxylic acids is 1. The van der Waals surface area contributed by atoms with E-state index >= 15 is 0 Å². The molecule has 2 aliphatic rings. The van der Waals surface area contributed by atoms with Crippen LogP contribution >= 0.6 is 0 Å². The van der Waals surface area contributed by atoms with E-state index in [1.54, 1.807) is 12.1 Å². The number of hydrogen-bond donors (Lipinski definition) is 1. The van der Waals surface area contributed by atoms with E-state index < -0.39 is 0 Å². The molecule has 2 N–H and O–H groups in total. The van der Waals surface area contributed by atoms with Gasteiger partial charge in [0.2, 0.25) is 0 Å². The van der Waals surface area contributed by atoms with Crippen molar-refractivity contribution in [3.05, 3.63) is 29.8 Å². The number of rotatable bonds is 1. The van der Waals surface area contributed by atoms with Crippen LogP contribution < -0.4 is 5.73 Å². The Bertz CT molecular complexity index is 534. The van der Waals surface area contributed by atoms with E-state index in [9.17, 15) is 4.79 Å². The van der Waals surface area contributed by atoms with Crippen molar-refractivity contribution in [2.75, 3.05) is 12.3 Å². The van der Waals surface area contributed by atoms with Crippen molar-refractivity contribution in [3.8, 4) is 0 Å². The molecule has 1 heterocycles. The Balaban J connectivity index is 1.85. The van der Waals surface area contributed by atoms with Crippen LogP contribution in [0, 0.1) is 10.8 Å². The van der Waals surface area contributed by atoms with Crippen LogP contribution in [0.1, 0.15) is 50.4 Å². The highest BCUT2D eigenvalue weighted by Crippen LogP contribution is 2.52. The van der Waals surface area contributed by atoms with Crippen LogP contribution in [-0.2, 0) is 0 Å². The second kappa shape index (κ2) is 4.24. The van der Waals surface area contributed by atoms with E-state index in [0.29, 0.717) is 17.1 Å². The molecular weight excluding hydrogens is 248 g/mol. The summed E-state index contributed by atoms with van der Waals surface area (Å²) in [7, 11) is 0. The fourth-order valence-corrected chi connectivity index (χ4v) is 4.49. The van der Waals surface area contributed by atoms with Crippen molar-refractivity contribution in [2.24, 2.45) is 10.8 Å². The van der Waals surface area contributed by atoms with Gasteiger partial charge in [0.15, 0.2) is 0 Å². The lowest BCUT2D eigenvalue weighted by atomic mass is 9.65. The van der Waals surface area contributed by atoms with E-state index in [-0.39, 0.29) is 11.3 Å². The van der Waals surface area contributed by atoms with Gasteiger partial charge in [-0.3, -0.25) is 4.79 Å².